The Balaban J connectivity index is 1.66. The van der Waals surface area contributed by atoms with Crippen molar-refractivity contribution >= 4 is 34.5 Å². The average molecular weight is 518 g/mol. The second kappa shape index (κ2) is 8.71. The second-order valence-electron chi connectivity index (χ2n) is 6.06. The minimum atomic E-state index is -5.65. The molecule has 19 nitrogen and oxygen atoms in total. The highest BCUT2D eigenvalue weighted by Crippen LogP contribution is 2.66. The Kier molecular flexibility index (Phi) is 6.69. The van der Waals surface area contributed by atoms with Crippen LogP contribution in [0.3, 0.4) is 0 Å². The van der Waals surface area contributed by atoms with E-state index in [4.69, 9.17) is 24.7 Å². The van der Waals surface area contributed by atoms with E-state index in [1.165, 1.54) is 0 Å². The molecule has 3 rings (SSSR count). The van der Waals surface area contributed by atoms with Gasteiger partial charge in [0.2, 0.25) is 0 Å². The van der Waals surface area contributed by atoms with Crippen LogP contribution in [0.15, 0.2) is 4.79 Å². The molecule has 0 saturated carbocycles. The van der Waals surface area contributed by atoms with Gasteiger partial charge in [0.1, 0.15) is 6.07 Å². The van der Waals surface area contributed by atoms with E-state index in [1.807, 2.05) is 0 Å². The number of rotatable bonds is 8. The van der Waals surface area contributed by atoms with Crippen LogP contribution < -0.4 is 5.56 Å². The Labute approximate surface area is 175 Å². The maximum Gasteiger partial charge on any atom is 0.490 e. The van der Waals surface area contributed by atoms with E-state index < -0.39 is 53.5 Å². The molecular formula is C10H13N6O13P3. The first kappa shape index (κ1) is 24.6. The first-order valence-electron chi connectivity index (χ1n) is 8.13. The first-order valence-corrected chi connectivity index (χ1v) is 12.6. The lowest BCUT2D eigenvalue weighted by atomic mass is 10.2. The van der Waals surface area contributed by atoms with E-state index >= 15 is 0 Å². The van der Waals surface area contributed by atoms with Crippen LogP contribution in [0.1, 0.15) is 24.8 Å². The Morgan fingerprint density at radius 3 is 2.47 bits per heavy atom. The van der Waals surface area contributed by atoms with E-state index in [1.54, 1.807) is 6.07 Å². The number of ether oxygens (including phenoxy) is 1. The Hall–Kier alpha value is -2.06. The lowest BCUT2D eigenvalue weighted by molar-refractivity contribution is -0.0312. The summed E-state index contributed by atoms with van der Waals surface area (Å²) in [6.07, 6.45) is -1.76. The van der Waals surface area contributed by atoms with Crippen LogP contribution >= 0.6 is 23.5 Å². The number of hydrogen-bond acceptors (Lipinski definition) is 13. The van der Waals surface area contributed by atoms with Crippen LogP contribution in [0.5, 0.6) is 0 Å². The molecule has 0 amide bonds. The van der Waals surface area contributed by atoms with Gasteiger partial charge in [-0.3, -0.25) is 9.32 Å². The van der Waals surface area contributed by atoms with Gasteiger partial charge in [-0.2, -0.15) is 18.6 Å². The van der Waals surface area contributed by atoms with Gasteiger partial charge in [-0.25, -0.2) is 13.7 Å². The summed E-state index contributed by atoms with van der Waals surface area (Å²) in [5.74, 6) is 0. The fourth-order valence-corrected chi connectivity index (χ4v) is 5.71. The molecular weight excluding hydrogens is 505 g/mol. The van der Waals surface area contributed by atoms with Gasteiger partial charge in [-0.05, 0) is 12.8 Å². The zero-order valence-corrected chi connectivity index (χ0v) is 18.0. The summed E-state index contributed by atoms with van der Waals surface area (Å²) in [5.41, 5.74) is -1.90. The predicted molar refractivity (Wildman–Crippen MR) is 94.4 cm³/mol. The Morgan fingerprint density at radius 2 is 1.84 bits per heavy atom. The molecule has 1 saturated heterocycles. The summed E-state index contributed by atoms with van der Waals surface area (Å²) in [4.78, 5) is 48.2. The molecule has 4 atom stereocenters. The third kappa shape index (κ3) is 5.64. The van der Waals surface area contributed by atoms with Crippen molar-refractivity contribution in [3.8, 4) is 6.07 Å². The molecule has 176 valence electrons. The van der Waals surface area contributed by atoms with Crippen molar-refractivity contribution in [2.24, 2.45) is 0 Å². The van der Waals surface area contributed by atoms with Gasteiger partial charge in [-0.1, -0.05) is 10.1 Å². The monoisotopic (exact) mass is 518 g/mol. The van der Waals surface area contributed by atoms with Crippen molar-refractivity contribution in [2.45, 2.75) is 25.2 Å². The molecule has 5 N–H and O–H groups in total. The van der Waals surface area contributed by atoms with Gasteiger partial charge in [0.25, 0.3) is 0 Å². The highest BCUT2D eigenvalue weighted by Gasteiger charge is 2.41. The van der Waals surface area contributed by atoms with Crippen molar-refractivity contribution < 1.29 is 56.4 Å². The van der Waals surface area contributed by atoms with E-state index in [-0.39, 0.29) is 28.9 Å². The van der Waals surface area contributed by atoms with Crippen LogP contribution in [0, 0.1) is 11.3 Å². The van der Waals surface area contributed by atoms with Gasteiger partial charge in [0.05, 0.1) is 12.7 Å². The van der Waals surface area contributed by atoms with Crippen LogP contribution in [0.25, 0.3) is 11.0 Å². The number of phosphoric acid groups is 3. The number of nitrogens with zero attached hydrogens (tertiary/aromatic N) is 6. The molecule has 0 radical (unpaired) electrons. The van der Waals surface area contributed by atoms with Crippen molar-refractivity contribution in [2.75, 3.05) is 6.61 Å². The molecule has 22 heteroatoms. The minimum Gasteiger partial charge on any atom is -0.411 e. The number of fused-ring (bicyclic) bond motifs is 1. The summed E-state index contributed by atoms with van der Waals surface area (Å²) in [5, 5.41) is 29.3. The van der Waals surface area contributed by atoms with Gasteiger partial charge in [0.15, 0.2) is 23.0 Å². The van der Waals surface area contributed by atoms with Gasteiger partial charge in [-0.15, -0.1) is 10.2 Å². The normalized spacial score (nSPS) is 23.0. The zero-order chi connectivity index (χ0) is 23.9. The fourth-order valence-electron chi connectivity index (χ4n) is 2.66. The third-order valence-electron chi connectivity index (χ3n) is 3.80. The second-order valence-corrected chi connectivity index (χ2v) is 10.5. The molecule has 3 heterocycles. The molecule has 1 aliphatic rings. The molecule has 2 aromatic heterocycles. The summed E-state index contributed by atoms with van der Waals surface area (Å²) in [7, 11) is -16.5. The molecule has 32 heavy (non-hydrogen) atoms. The first-order chi connectivity index (χ1) is 14.7. The molecule has 0 spiro atoms. The third-order valence-corrected chi connectivity index (χ3v) is 7.60. The van der Waals surface area contributed by atoms with Crippen molar-refractivity contribution in [1.29, 1.82) is 5.26 Å². The van der Waals surface area contributed by atoms with E-state index in [9.17, 15) is 28.6 Å². The Bertz CT molecular complexity index is 1280. The average Bonchev–Trinajstić information content (AvgIpc) is 3.22. The highest BCUT2D eigenvalue weighted by molar-refractivity contribution is 7.66. The van der Waals surface area contributed by atoms with E-state index in [0.29, 0.717) is 0 Å². The number of phosphoric ester groups is 1. The number of aromatic nitrogens is 5. The quantitative estimate of drug-likeness (QED) is 0.209. The maximum absolute atomic E-state index is 12.5. The van der Waals surface area contributed by atoms with Crippen LogP contribution in [-0.2, 0) is 31.6 Å². The van der Waals surface area contributed by atoms with Gasteiger partial charge >= 0.3 is 29.0 Å². The Morgan fingerprint density at radius 1 is 1.16 bits per heavy atom. The molecule has 0 bridgehead atoms. The molecule has 1 aliphatic heterocycles. The highest BCUT2D eigenvalue weighted by atomic mass is 31.3. The molecule has 1 fully saturated rings. The van der Waals surface area contributed by atoms with Crippen LogP contribution in [0.2, 0.25) is 0 Å². The largest absolute Gasteiger partial charge is 0.490 e. The standard InChI is InChI=1S/C10H13N6O13P3/c11-3-6-8-9(16(18)13-6)10(17)15(14-12-8)7-2-1-5(27-7)4-26-31(22,23)29-32(24,25)28-30(19,20)21/h5,7,18H,1-2,4H2,(H,22,23)(H,24,25)(H2,19,20,21). The SMILES string of the molecule is N#Cc1nn(O)c2c(=O)n(C3CCC(COP(=O)(O)OP(=O)(O)OP(=O)(O)O)O3)nnc12. The zero-order valence-electron chi connectivity index (χ0n) is 15.3. The fraction of sp³-hybridized carbons (Fsp3) is 0.500. The smallest absolute Gasteiger partial charge is 0.411 e. The van der Waals surface area contributed by atoms with Crippen LogP contribution in [0.4, 0.5) is 0 Å². The van der Waals surface area contributed by atoms with Crippen molar-refractivity contribution in [3.05, 3.63) is 16.0 Å². The molecule has 0 aromatic carbocycles. The summed E-state index contributed by atoms with van der Waals surface area (Å²) < 4.78 is 51.5. The van der Waals surface area contributed by atoms with E-state index in [0.717, 1.165) is 4.68 Å². The van der Waals surface area contributed by atoms with Crippen molar-refractivity contribution in [1.82, 2.24) is 24.9 Å². The lowest BCUT2D eigenvalue weighted by Gasteiger charge is -2.18. The van der Waals surface area contributed by atoms with Gasteiger partial charge < -0.3 is 29.5 Å². The molecule has 2 aromatic rings. The number of hydrogen-bond donors (Lipinski definition) is 5. The molecule has 4 unspecified atom stereocenters. The van der Waals surface area contributed by atoms with Crippen molar-refractivity contribution in [3.63, 3.8) is 0 Å². The maximum atomic E-state index is 12.5. The van der Waals surface area contributed by atoms with E-state index in [2.05, 4.69) is 28.6 Å². The summed E-state index contributed by atoms with van der Waals surface area (Å²) in [6, 6.07) is 1.63. The predicted octanol–water partition coefficient (Wildman–Crippen LogP) is -0.882. The minimum absolute atomic E-state index is 0.120. The van der Waals surface area contributed by atoms with Crippen LogP contribution in [-0.4, -0.2) is 62.4 Å². The number of nitriles is 1. The summed E-state index contributed by atoms with van der Waals surface area (Å²) in [6.45, 7) is -0.707. The topological polar surface area (TPSA) is 279 Å². The molecule has 0 aliphatic carbocycles. The van der Waals surface area contributed by atoms with Gasteiger partial charge in [0, 0.05) is 0 Å². The summed E-state index contributed by atoms with van der Waals surface area (Å²) >= 11 is 0. The lowest BCUT2D eigenvalue weighted by Crippen LogP contribution is -2.30.